The zero-order valence-corrected chi connectivity index (χ0v) is 17.6. The summed E-state index contributed by atoms with van der Waals surface area (Å²) in [5.74, 6) is -2.10. The highest BCUT2D eigenvalue weighted by molar-refractivity contribution is 9.10. The number of carbonyl (C=O) groups is 2. The summed E-state index contributed by atoms with van der Waals surface area (Å²) in [7, 11) is 1.91. The molecule has 0 aliphatic carbocycles. The van der Waals surface area contributed by atoms with Gasteiger partial charge in [0.05, 0.1) is 18.5 Å². The molecular weight excluding hydrogens is 502 g/mol. The maximum Gasteiger partial charge on any atom is 0.431 e. The third-order valence-corrected chi connectivity index (χ3v) is 5.07. The lowest BCUT2D eigenvalue weighted by Crippen LogP contribution is -2.41. The van der Waals surface area contributed by atoms with Crippen LogP contribution in [0.3, 0.4) is 0 Å². The normalized spacial score (nSPS) is 11.3. The standard InChI is InChI=1S/C16H12BrF4N3O5S/c1-23-11(16(19,20)21)5-12(25)24(15(23)28)10-4-9(7(17)3-8(10)18)22-14(27)30-6-13(26)29-2/h3-5H,6H2,1-2H3,(H,22,27). The quantitative estimate of drug-likeness (QED) is 0.498. The Hall–Kier alpha value is -2.61. The number of hydrogen-bond acceptors (Lipinski definition) is 6. The van der Waals surface area contributed by atoms with E-state index in [-0.39, 0.29) is 31.1 Å². The lowest BCUT2D eigenvalue weighted by atomic mass is 10.2. The molecule has 0 saturated heterocycles. The first-order valence-electron chi connectivity index (χ1n) is 7.77. The maximum absolute atomic E-state index is 14.4. The number of alkyl halides is 3. The van der Waals surface area contributed by atoms with Crippen molar-refractivity contribution in [2.75, 3.05) is 18.2 Å². The van der Waals surface area contributed by atoms with Crippen molar-refractivity contribution in [2.24, 2.45) is 7.05 Å². The minimum Gasteiger partial charge on any atom is -0.468 e. The molecule has 8 nitrogen and oxygen atoms in total. The van der Waals surface area contributed by atoms with E-state index in [1.807, 2.05) is 0 Å². The summed E-state index contributed by atoms with van der Waals surface area (Å²) < 4.78 is 58.1. The number of ether oxygens (including phenoxy) is 1. The molecular formula is C16H12BrF4N3O5S. The predicted molar refractivity (Wildman–Crippen MR) is 103 cm³/mol. The first-order chi connectivity index (χ1) is 13.9. The summed E-state index contributed by atoms with van der Waals surface area (Å²) in [6.45, 7) is 0. The van der Waals surface area contributed by atoms with E-state index in [0.29, 0.717) is 11.8 Å². The van der Waals surface area contributed by atoms with Crippen molar-refractivity contribution in [3.8, 4) is 5.69 Å². The highest BCUT2D eigenvalue weighted by atomic mass is 79.9. The van der Waals surface area contributed by atoms with Crippen LogP contribution in [0.5, 0.6) is 0 Å². The van der Waals surface area contributed by atoms with E-state index in [2.05, 4.69) is 26.0 Å². The summed E-state index contributed by atoms with van der Waals surface area (Å²) in [6, 6.07) is 1.87. The van der Waals surface area contributed by atoms with Crippen molar-refractivity contribution >= 4 is 44.6 Å². The number of hydrogen-bond donors (Lipinski definition) is 1. The van der Waals surface area contributed by atoms with E-state index in [1.165, 1.54) is 0 Å². The van der Waals surface area contributed by atoms with E-state index in [1.54, 1.807) is 0 Å². The van der Waals surface area contributed by atoms with Crippen LogP contribution in [0.2, 0.25) is 0 Å². The van der Waals surface area contributed by atoms with Gasteiger partial charge in [-0.2, -0.15) is 13.2 Å². The predicted octanol–water partition coefficient (Wildman–Crippen LogP) is 2.89. The zero-order chi connectivity index (χ0) is 22.8. The third kappa shape index (κ3) is 5.11. The molecule has 0 saturated carbocycles. The molecule has 2 rings (SSSR count). The third-order valence-electron chi connectivity index (χ3n) is 3.67. The number of anilines is 1. The van der Waals surface area contributed by atoms with Crippen molar-refractivity contribution < 1.29 is 31.9 Å². The van der Waals surface area contributed by atoms with Gasteiger partial charge < -0.3 is 10.1 Å². The van der Waals surface area contributed by atoms with Crippen molar-refractivity contribution in [3.63, 3.8) is 0 Å². The van der Waals surface area contributed by atoms with E-state index >= 15 is 0 Å². The highest BCUT2D eigenvalue weighted by Gasteiger charge is 2.35. The first-order valence-corrected chi connectivity index (χ1v) is 9.55. The molecule has 0 bridgehead atoms. The number of rotatable bonds is 4. The van der Waals surface area contributed by atoms with Gasteiger partial charge in [0.2, 0.25) is 0 Å². The first kappa shape index (κ1) is 23.7. The van der Waals surface area contributed by atoms with Gasteiger partial charge in [-0.05, 0) is 28.1 Å². The number of amides is 1. The van der Waals surface area contributed by atoms with E-state index in [4.69, 9.17) is 0 Å². The molecule has 0 aliphatic heterocycles. The van der Waals surface area contributed by atoms with Crippen LogP contribution in [0, 0.1) is 5.82 Å². The van der Waals surface area contributed by atoms with Crippen LogP contribution in [-0.4, -0.2) is 33.2 Å². The fourth-order valence-electron chi connectivity index (χ4n) is 2.25. The summed E-state index contributed by atoms with van der Waals surface area (Å²) >= 11 is 3.52. The van der Waals surface area contributed by atoms with Crippen molar-refractivity contribution in [1.82, 2.24) is 9.13 Å². The van der Waals surface area contributed by atoms with Crippen molar-refractivity contribution in [2.45, 2.75) is 6.18 Å². The molecule has 162 valence electrons. The lowest BCUT2D eigenvalue weighted by molar-refractivity contribution is -0.144. The summed E-state index contributed by atoms with van der Waals surface area (Å²) in [5, 5.41) is 1.57. The minimum absolute atomic E-state index is 0.0209. The number of benzene rings is 1. The number of nitrogens with one attached hydrogen (secondary N) is 1. The molecule has 0 spiro atoms. The second kappa shape index (κ2) is 9.04. The molecule has 0 unspecified atom stereocenters. The van der Waals surface area contributed by atoms with Crippen molar-refractivity contribution in [1.29, 1.82) is 0 Å². The van der Waals surface area contributed by atoms with Crippen LogP contribution in [0.1, 0.15) is 5.69 Å². The number of aromatic nitrogens is 2. The Morgan fingerprint density at radius 3 is 2.43 bits per heavy atom. The average molecular weight is 514 g/mol. The van der Waals surface area contributed by atoms with Gasteiger partial charge in [0, 0.05) is 17.6 Å². The van der Waals surface area contributed by atoms with Crippen LogP contribution in [-0.2, 0) is 22.8 Å². The Labute approximate surface area is 177 Å². The minimum atomic E-state index is -4.97. The fraction of sp³-hybridized carbons (Fsp3) is 0.250. The molecule has 0 fully saturated rings. The number of carbonyl (C=O) groups excluding carboxylic acids is 2. The Balaban J connectivity index is 2.52. The molecule has 1 N–H and O–H groups in total. The monoisotopic (exact) mass is 513 g/mol. The largest absolute Gasteiger partial charge is 0.468 e. The van der Waals surface area contributed by atoms with Crippen LogP contribution in [0.25, 0.3) is 5.69 Å². The molecule has 1 heterocycles. The SMILES string of the molecule is COC(=O)CSC(=O)Nc1cc(-n2c(=O)cc(C(F)(F)F)n(C)c2=O)c(F)cc1Br. The molecule has 0 aliphatic rings. The topological polar surface area (TPSA) is 99.4 Å². The molecule has 1 aromatic heterocycles. The van der Waals surface area contributed by atoms with Gasteiger partial charge in [0.25, 0.3) is 10.8 Å². The van der Waals surface area contributed by atoms with Gasteiger partial charge >= 0.3 is 17.8 Å². The van der Waals surface area contributed by atoms with Gasteiger partial charge in [0.15, 0.2) is 0 Å². The lowest BCUT2D eigenvalue weighted by Gasteiger charge is -2.15. The number of thioether (sulfide) groups is 1. The average Bonchev–Trinajstić information content (AvgIpc) is 2.65. The number of esters is 1. The van der Waals surface area contributed by atoms with Crippen molar-refractivity contribution in [3.05, 3.63) is 55.0 Å². The Kier molecular flexibility index (Phi) is 7.13. The summed E-state index contributed by atoms with van der Waals surface area (Å²) in [4.78, 5) is 47.5. The van der Waals surface area contributed by atoms with E-state index < -0.39 is 45.8 Å². The van der Waals surface area contributed by atoms with Crippen LogP contribution in [0.4, 0.5) is 28.0 Å². The number of halogens is 5. The molecule has 2 aromatic rings. The van der Waals surface area contributed by atoms with Gasteiger partial charge in [-0.25, -0.2) is 13.8 Å². The highest BCUT2D eigenvalue weighted by Crippen LogP contribution is 2.29. The maximum atomic E-state index is 14.4. The molecule has 0 atom stereocenters. The Morgan fingerprint density at radius 1 is 1.23 bits per heavy atom. The smallest absolute Gasteiger partial charge is 0.431 e. The van der Waals surface area contributed by atoms with Gasteiger partial charge in [-0.15, -0.1) is 0 Å². The molecule has 1 amide bonds. The molecule has 30 heavy (non-hydrogen) atoms. The molecule has 1 aromatic carbocycles. The van der Waals surface area contributed by atoms with E-state index in [0.717, 1.165) is 26.3 Å². The van der Waals surface area contributed by atoms with E-state index in [9.17, 15) is 36.7 Å². The summed E-state index contributed by atoms with van der Waals surface area (Å²) in [5.41, 5.74) is -5.12. The van der Waals surface area contributed by atoms with Crippen LogP contribution >= 0.6 is 27.7 Å². The molecule has 14 heteroatoms. The Morgan fingerprint density at radius 2 is 1.87 bits per heavy atom. The second-order valence-corrected chi connectivity index (χ2v) is 7.41. The second-order valence-electron chi connectivity index (χ2n) is 5.60. The Bertz CT molecular complexity index is 1130. The van der Waals surface area contributed by atoms with Crippen LogP contribution in [0.15, 0.2) is 32.3 Å². The van der Waals surface area contributed by atoms with Gasteiger partial charge in [0.1, 0.15) is 17.3 Å². The van der Waals surface area contributed by atoms with Crippen LogP contribution < -0.4 is 16.6 Å². The fourth-order valence-corrected chi connectivity index (χ4v) is 3.22. The molecule has 0 radical (unpaired) electrons. The number of nitrogens with zero attached hydrogens (tertiary/aromatic N) is 2. The van der Waals surface area contributed by atoms with Gasteiger partial charge in [-0.3, -0.25) is 19.0 Å². The van der Waals surface area contributed by atoms with Gasteiger partial charge in [-0.1, -0.05) is 11.8 Å². The summed E-state index contributed by atoms with van der Waals surface area (Å²) in [6.07, 6.45) is -4.97. The number of methoxy groups -OCH3 is 1. The zero-order valence-electron chi connectivity index (χ0n) is 15.2.